The first kappa shape index (κ1) is 12.7. The van der Waals surface area contributed by atoms with Gasteiger partial charge in [-0.05, 0) is 38.0 Å². The molecule has 18 heavy (non-hydrogen) atoms. The van der Waals surface area contributed by atoms with Crippen molar-refractivity contribution in [2.45, 2.75) is 32.0 Å². The molecule has 2 rings (SSSR count). The summed E-state index contributed by atoms with van der Waals surface area (Å²) in [5, 5.41) is 18.5. The molecule has 2 N–H and O–H groups in total. The predicted octanol–water partition coefficient (Wildman–Crippen LogP) is 2.05. The number of phenolic OH excluding ortho intramolecular Hbond substituents is 1. The fraction of sp³-hybridized carbons (Fsp3) is 0.462. The Labute approximate surface area is 106 Å². The van der Waals surface area contributed by atoms with E-state index < -0.39 is 11.8 Å². The maximum Gasteiger partial charge on any atom is 0.409 e. The number of ether oxygens (including phenoxy) is 1. The Hall–Kier alpha value is -1.75. The van der Waals surface area contributed by atoms with Crippen molar-refractivity contribution >= 4 is 6.09 Å². The second kappa shape index (κ2) is 4.49. The number of phenols is 1. The first-order valence-electron chi connectivity index (χ1n) is 5.84. The van der Waals surface area contributed by atoms with E-state index in [0.29, 0.717) is 13.0 Å². The molecule has 0 saturated carbocycles. The average Bonchev–Trinajstić information content (AvgIpc) is 2.57. The van der Waals surface area contributed by atoms with Crippen LogP contribution in [0.5, 0.6) is 5.75 Å². The van der Waals surface area contributed by atoms with Gasteiger partial charge < -0.3 is 14.9 Å². The van der Waals surface area contributed by atoms with Crippen molar-refractivity contribution in [2.24, 2.45) is 0 Å². The zero-order valence-corrected chi connectivity index (χ0v) is 10.5. The van der Waals surface area contributed by atoms with E-state index in [4.69, 9.17) is 4.74 Å². The van der Waals surface area contributed by atoms with Crippen molar-refractivity contribution in [3.63, 3.8) is 0 Å². The van der Waals surface area contributed by atoms with E-state index in [1.54, 1.807) is 38.1 Å². The Morgan fingerprint density at radius 1 is 1.44 bits per heavy atom. The smallest absolute Gasteiger partial charge is 0.409 e. The summed E-state index contributed by atoms with van der Waals surface area (Å²) >= 11 is 0. The number of carbonyl (C=O) groups is 1. The number of aromatic hydroxyl groups is 1. The summed E-state index contributed by atoms with van der Waals surface area (Å²) in [5.74, 6) is 0.205. The molecule has 1 aliphatic rings. The highest BCUT2D eigenvalue weighted by atomic mass is 16.5. The summed E-state index contributed by atoms with van der Waals surface area (Å²) in [6.07, 6.45) is -0.392. The molecular weight excluding hydrogens is 234 g/mol. The minimum absolute atomic E-state index is 0.193. The summed E-state index contributed by atoms with van der Waals surface area (Å²) < 4.78 is 5.52. The van der Waals surface area contributed by atoms with Crippen molar-refractivity contribution in [1.29, 1.82) is 0 Å². The number of carboxylic acid groups (broad SMARTS) is 1. The molecule has 5 heteroatoms. The Kier molecular flexibility index (Phi) is 3.17. The number of hydrogen-bond donors (Lipinski definition) is 2. The lowest BCUT2D eigenvalue weighted by Gasteiger charge is -2.31. The van der Waals surface area contributed by atoms with Crippen LogP contribution in [0.1, 0.15) is 19.4 Å². The van der Waals surface area contributed by atoms with Crippen LogP contribution in [-0.2, 0) is 11.2 Å². The van der Waals surface area contributed by atoms with Gasteiger partial charge in [-0.1, -0.05) is 12.1 Å². The molecule has 98 valence electrons. The summed E-state index contributed by atoms with van der Waals surface area (Å²) in [6.45, 7) is 3.88. The molecule has 1 saturated heterocycles. The minimum Gasteiger partial charge on any atom is -0.508 e. The maximum absolute atomic E-state index is 11.3. The van der Waals surface area contributed by atoms with Crippen molar-refractivity contribution in [2.75, 3.05) is 6.61 Å². The third-order valence-electron chi connectivity index (χ3n) is 3.19. The lowest BCUT2D eigenvalue weighted by atomic mass is 10.1. The van der Waals surface area contributed by atoms with Crippen LogP contribution in [0.4, 0.5) is 4.79 Å². The van der Waals surface area contributed by atoms with Gasteiger partial charge in [-0.15, -0.1) is 0 Å². The van der Waals surface area contributed by atoms with Crippen LogP contribution < -0.4 is 0 Å². The quantitative estimate of drug-likeness (QED) is 0.844. The molecule has 0 radical (unpaired) electrons. The molecule has 1 aromatic rings. The molecule has 0 aromatic heterocycles. The molecular formula is C13H17NO4. The molecule has 1 amide bonds. The highest BCUT2D eigenvalue weighted by Gasteiger charge is 2.43. The van der Waals surface area contributed by atoms with E-state index in [9.17, 15) is 15.0 Å². The molecule has 1 aliphatic heterocycles. The molecule has 0 aliphatic carbocycles. The van der Waals surface area contributed by atoms with Crippen molar-refractivity contribution in [1.82, 2.24) is 4.90 Å². The highest BCUT2D eigenvalue weighted by molar-refractivity contribution is 5.66. The first-order valence-corrected chi connectivity index (χ1v) is 5.84. The van der Waals surface area contributed by atoms with E-state index in [1.165, 1.54) is 4.90 Å². The van der Waals surface area contributed by atoms with Crippen LogP contribution in [0.15, 0.2) is 24.3 Å². The van der Waals surface area contributed by atoms with Gasteiger partial charge >= 0.3 is 6.09 Å². The molecule has 1 atom stereocenters. The first-order chi connectivity index (χ1) is 8.40. The SMILES string of the molecule is CC1(C)OCC(Cc2ccc(O)cc2)N1C(=O)O. The molecule has 1 unspecified atom stereocenters. The van der Waals surface area contributed by atoms with Crippen LogP contribution in [0.2, 0.25) is 0 Å². The van der Waals surface area contributed by atoms with E-state index in [0.717, 1.165) is 5.56 Å². The van der Waals surface area contributed by atoms with Crippen molar-refractivity contribution in [3.05, 3.63) is 29.8 Å². The average molecular weight is 251 g/mol. The van der Waals surface area contributed by atoms with Gasteiger partial charge in [0.25, 0.3) is 0 Å². The number of rotatable bonds is 2. The van der Waals surface area contributed by atoms with Crippen LogP contribution in [0.3, 0.4) is 0 Å². The van der Waals surface area contributed by atoms with Gasteiger partial charge in [-0.25, -0.2) is 4.79 Å². The summed E-state index contributed by atoms with van der Waals surface area (Å²) in [5.41, 5.74) is 0.193. The monoisotopic (exact) mass is 251 g/mol. The maximum atomic E-state index is 11.3. The van der Waals surface area contributed by atoms with Gasteiger partial charge in [0, 0.05) is 0 Å². The Morgan fingerprint density at radius 2 is 2.06 bits per heavy atom. The van der Waals surface area contributed by atoms with Gasteiger partial charge in [-0.3, -0.25) is 4.90 Å². The molecule has 0 spiro atoms. The minimum atomic E-state index is -0.971. The predicted molar refractivity (Wildman–Crippen MR) is 65.5 cm³/mol. The summed E-state index contributed by atoms with van der Waals surface area (Å²) in [7, 11) is 0. The normalized spacial score (nSPS) is 22.1. The molecule has 1 aromatic carbocycles. The molecule has 0 bridgehead atoms. The van der Waals surface area contributed by atoms with Gasteiger partial charge in [0.15, 0.2) is 0 Å². The largest absolute Gasteiger partial charge is 0.508 e. The van der Waals surface area contributed by atoms with E-state index in [2.05, 4.69) is 0 Å². The molecule has 5 nitrogen and oxygen atoms in total. The van der Waals surface area contributed by atoms with Gasteiger partial charge in [0.05, 0.1) is 12.6 Å². The van der Waals surface area contributed by atoms with E-state index in [1.807, 2.05) is 0 Å². The zero-order chi connectivity index (χ0) is 13.3. The standard InChI is InChI=1S/C13H17NO4/c1-13(2)14(12(16)17)10(8-18-13)7-9-3-5-11(15)6-4-9/h3-6,10,15H,7-8H2,1-2H3,(H,16,17). The number of amides is 1. The topological polar surface area (TPSA) is 70.0 Å². The van der Waals surface area contributed by atoms with Gasteiger partial charge in [-0.2, -0.15) is 0 Å². The second-order valence-corrected chi connectivity index (χ2v) is 4.93. The van der Waals surface area contributed by atoms with Crippen LogP contribution in [-0.4, -0.2) is 39.6 Å². The Bertz CT molecular complexity index is 441. The molecule has 1 heterocycles. The summed E-state index contributed by atoms with van der Waals surface area (Å²) in [6, 6.07) is 6.59. The lowest BCUT2D eigenvalue weighted by molar-refractivity contribution is -0.0419. The van der Waals surface area contributed by atoms with Crippen molar-refractivity contribution in [3.8, 4) is 5.75 Å². The number of benzene rings is 1. The number of hydrogen-bond acceptors (Lipinski definition) is 3. The second-order valence-electron chi connectivity index (χ2n) is 4.93. The number of nitrogens with zero attached hydrogens (tertiary/aromatic N) is 1. The van der Waals surface area contributed by atoms with Crippen LogP contribution >= 0.6 is 0 Å². The van der Waals surface area contributed by atoms with Gasteiger partial charge in [0.1, 0.15) is 11.5 Å². The van der Waals surface area contributed by atoms with Crippen molar-refractivity contribution < 1.29 is 19.7 Å². The third kappa shape index (κ3) is 2.41. The van der Waals surface area contributed by atoms with Crippen LogP contribution in [0.25, 0.3) is 0 Å². The molecule has 1 fully saturated rings. The third-order valence-corrected chi connectivity index (χ3v) is 3.19. The fourth-order valence-electron chi connectivity index (χ4n) is 2.32. The fourth-order valence-corrected chi connectivity index (χ4v) is 2.32. The Balaban J connectivity index is 2.14. The van der Waals surface area contributed by atoms with E-state index >= 15 is 0 Å². The Morgan fingerprint density at radius 3 is 2.61 bits per heavy atom. The highest BCUT2D eigenvalue weighted by Crippen LogP contribution is 2.29. The van der Waals surface area contributed by atoms with Gasteiger partial charge in [0.2, 0.25) is 0 Å². The van der Waals surface area contributed by atoms with Crippen LogP contribution in [0, 0.1) is 0 Å². The summed E-state index contributed by atoms with van der Waals surface area (Å²) in [4.78, 5) is 12.6. The van der Waals surface area contributed by atoms with E-state index in [-0.39, 0.29) is 11.8 Å². The lowest BCUT2D eigenvalue weighted by Crippen LogP contribution is -2.47. The zero-order valence-electron chi connectivity index (χ0n) is 10.5.